The van der Waals surface area contributed by atoms with Crippen LogP contribution in [0.2, 0.25) is 0 Å². The van der Waals surface area contributed by atoms with Gasteiger partial charge in [-0.25, -0.2) is 0 Å². The van der Waals surface area contributed by atoms with Crippen molar-refractivity contribution >= 4 is 77.6 Å². The van der Waals surface area contributed by atoms with Crippen LogP contribution < -0.4 is 9.80 Å². The van der Waals surface area contributed by atoms with Gasteiger partial charge in [0.05, 0.1) is 15.0 Å². The lowest BCUT2D eigenvalue weighted by molar-refractivity contribution is 0.649. The topological polar surface area (TPSA) is 19.6 Å². The molecule has 0 bridgehead atoms. The fourth-order valence-electron chi connectivity index (χ4n) is 10.4. The molecule has 310 valence electrons. The SMILES string of the molecule is [2H]c1c([2H])c([2H])c2c(C3(c4cccc5c4oc4ccccc45)c4ccc(N(c5ccccc5)c5ccccc5)cc4-c4cc(N(c5ccccc5)c5ccc6ccccc6c5)ccc43)c([2H])c([2H])c([2H])c2c1[2H]. The minimum absolute atomic E-state index is 0.00865. The molecule has 0 saturated carbocycles. The second-order valence-electron chi connectivity index (χ2n) is 16.7. The highest BCUT2D eigenvalue weighted by molar-refractivity contribution is 6.08. The highest BCUT2D eigenvalue weighted by Crippen LogP contribution is 2.60. The van der Waals surface area contributed by atoms with E-state index in [1.54, 1.807) is 0 Å². The molecule has 1 heterocycles. The van der Waals surface area contributed by atoms with Crippen molar-refractivity contribution in [3.8, 4) is 11.1 Å². The lowest BCUT2D eigenvalue weighted by Gasteiger charge is -2.35. The molecule has 1 aliphatic rings. The molecular formula is C63H42N2O. The predicted octanol–water partition coefficient (Wildman–Crippen LogP) is 17.2. The summed E-state index contributed by atoms with van der Waals surface area (Å²) in [6.07, 6.45) is 0. The Morgan fingerprint density at radius 2 is 0.864 bits per heavy atom. The van der Waals surface area contributed by atoms with Gasteiger partial charge in [-0.1, -0.05) is 176 Å². The van der Waals surface area contributed by atoms with Crippen LogP contribution >= 0.6 is 0 Å². The molecular weight excluding hydrogens is 801 g/mol. The standard InChI is InChI=1S/C63H42N2O/c1-4-22-46(23-5-1)64(47-24-6-2-7-25-47)50-36-38-58-55(41-50)56-42-51(65(48-26-8-3-9-27-48)49-35-34-43-18-10-11-20-45(43)40-49)37-39-59(56)63(58,57-31-16-21-44-19-12-13-28-52(44)57)60-32-17-30-54-53-29-14-15-33-61(53)66-62(54)60/h1-42H/i12D,13D,16D,19D,21D,28D,31D. The van der Waals surface area contributed by atoms with Crippen molar-refractivity contribution in [1.29, 1.82) is 0 Å². The number of rotatable bonds is 8. The van der Waals surface area contributed by atoms with Gasteiger partial charge < -0.3 is 14.2 Å². The molecule has 0 amide bonds. The van der Waals surface area contributed by atoms with Crippen molar-refractivity contribution in [2.45, 2.75) is 5.41 Å². The third-order valence-electron chi connectivity index (χ3n) is 13.2. The lowest BCUT2D eigenvalue weighted by atomic mass is 9.66. The zero-order valence-corrected chi connectivity index (χ0v) is 35.5. The zero-order chi connectivity index (χ0) is 49.7. The minimum Gasteiger partial charge on any atom is -0.456 e. The summed E-state index contributed by atoms with van der Waals surface area (Å²) in [5.41, 5.74) is 8.88. The van der Waals surface area contributed by atoms with Crippen LogP contribution in [0.3, 0.4) is 0 Å². The van der Waals surface area contributed by atoms with Gasteiger partial charge in [0.25, 0.3) is 0 Å². The van der Waals surface area contributed by atoms with E-state index in [1.807, 2.05) is 109 Å². The molecule has 13 rings (SSSR count). The summed E-state index contributed by atoms with van der Waals surface area (Å²) in [4.78, 5) is 4.43. The summed E-state index contributed by atoms with van der Waals surface area (Å²) < 4.78 is 73.0. The number of benzene rings is 11. The second kappa shape index (κ2) is 15.3. The van der Waals surface area contributed by atoms with Gasteiger partial charge in [0.15, 0.2) is 0 Å². The van der Waals surface area contributed by atoms with E-state index in [-0.39, 0.29) is 22.4 Å². The van der Waals surface area contributed by atoms with Crippen molar-refractivity contribution in [3.05, 3.63) is 277 Å². The molecule has 0 fully saturated rings. The average molecular weight is 850 g/mol. The Hall–Kier alpha value is -8.66. The van der Waals surface area contributed by atoms with E-state index >= 15 is 0 Å². The van der Waals surface area contributed by atoms with Crippen LogP contribution in [0.4, 0.5) is 34.1 Å². The fourth-order valence-corrected chi connectivity index (χ4v) is 10.4. The van der Waals surface area contributed by atoms with Gasteiger partial charge >= 0.3 is 0 Å². The van der Waals surface area contributed by atoms with Gasteiger partial charge in [-0.3, -0.25) is 0 Å². The predicted molar refractivity (Wildman–Crippen MR) is 275 cm³/mol. The molecule has 0 aliphatic heterocycles. The third-order valence-corrected chi connectivity index (χ3v) is 13.2. The second-order valence-corrected chi connectivity index (χ2v) is 16.7. The number of para-hydroxylation sites is 5. The molecule has 1 aromatic heterocycles. The Balaban J connectivity index is 1.21. The molecule has 11 aromatic carbocycles. The Bertz CT molecular complexity index is 4150. The summed E-state index contributed by atoms with van der Waals surface area (Å²) in [7, 11) is 0. The van der Waals surface area contributed by atoms with Crippen molar-refractivity contribution in [2.24, 2.45) is 0 Å². The lowest BCUT2D eigenvalue weighted by Crippen LogP contribution is -2.29. The van der Waals surface area contributed by atoms with Gasteiger partial charge in [0, 0.05) is 50.5 Å². The Morgan fingerprint density at radius 3 is 1.55 bits per heavy atom. The van der Waals surface area contributed by atoms with Crippen LogP contribution in [0.5, 0.6) is 0 Å². The normalized spacial score (nSPS) is 15.6. The molecule has 12 aromatic rings. The van der Waals surface area contributed by atoms with Crippen LogP contribution in [-0.2, 0) is 5.41 Å². The molecule has 0 N–H and O–H groups in total. The molecule has 0 spiro atoms. The monoisotopic (exact) mass is 849 g/mol. The summed E-state index contributed by atoms with van der Waals surface area (Å²) in [6.45, 7) is 0. The highest BCUT2D eigenvalue weighted by atomic mass is 16.3. The number of anilines is 6. The maximum atomic E-state index is 10.2. The molecule has 1 unspecified atom stereocenters. The first kappa shape index (κ1) is 31.2. The van der Waals surface area contributed by atoms with Crippen molar-refractivity contribution in [2.75, 3.05) is 9.80 Å². The Morgan fingerprint density at radius 1 is 0.333 bits per heavy atom. The highest BCUT2D eigenvalue weighted by Gasteiger charge is 2.49. The van der Waals surface area contributed by atoms with E-state index < -0.39 is 41.7 Å². The van der Waals surface area contributed by atoms with Crippen molar-refractivity contribution in [3.63, 3.8) is 0 Å². The fraction of sp³-hybridized carbons (Fsp3) is 0.0159. The van der Waals surface area contributed by atoms with Gasteiger partial charge in [-0.15, -0.1) is 0 Å². The van der Waals surface area contributed by atoms with Crippen LogP contribution in [0, 0.1) is 0 Å². The molecule has 1 aliphatic carbocycles. The summed E-state index contributed by atoms with van der Waals surface area (Å²) in [6, 6.07) is 68.7. The quantitative estimate of drug-likeness (QED) is 0.152. The summed E-state index contributed by atoms with van der Waals surface area (Å²) >= 11 is 0. The van der Waals surface area contributed by atoms with E-state index in [4.69, 9.17) is 7.16 Å². The van der Waals surface area contributed by atoms with Gasteiger partial charge in [-0.05, 0) is 128 Å². The first-order valence-corrected chi connectivity index (χ1v) is 22.1. The van der Waals surface area contributed by atoms with Crippen LogP contribution in [0.25, 0.3) is 54.6 Å². The number of nitrogens with zero attached hydrogens (tertiary/aromatic N) is 2. The average Bonchev–Trinajstić information content (AvgIpc) is 3.95. The Labute approximate surface area is 393 Å². The summed E-state index contributed by atoms with van der Waals surface area (Å²) in [5.74, 6) is 0. The van der Waals surface area contributed by atoms with Crippen LogP contribution in [-0.4, -0.2) is 0 Å². The first-order valence-electron chi connectivity index (χ1n) is 25.6. The Kier molecular flexibility index (Phi) is 7.22. The number of hydrogen-bond acceptors (Lipinski definition) is 3. The van der Waals surface area contributed by atoms with Crippen LogP contribution in [0.15, 0.2) is 259 Å². The molecule has 1 atom stereocenters. The van der Waals surface area contributed by atoms with E-state index in [9.17, 15) is 6.85 Å². The molecule has 3 heteroatoms. The molecule has 0 saturated heterocycles. The number of hydrogen-bond donors (Lipinski definition) is 0. The largest absolute Gasteiger partial charge is 0.456 e. The minimum atomic E-state index is -1.57. The number of furan rings is 1. The molecule has 3 nitrogen and oxygen atoms in total. The summed E-state index contributed by atoms with van der Waals surface area (Å²) in [5, 5.41) is 3.79. The molecule has 0 radical (unpaired) electrons. The van der Waals surface area contributed by atoms with Crippen LogP contribution in [0.1, 0.15) is 31.8 Å². The van der Waals surface area contributed by atoms with Crippen molar-refractivity contribution < 1.29 is 14.0 Å². The maximum Gasteiger partial charge on any atom is 0.140 e. The van der Waals surface area contributed by atoms with E-state index in [0.717, 1.165) is 66.8 Å². The maximum absolute atomic E-state index is 10.2. The first-order chi connectivity index (χ1) is 35.6. The van der Waals surface area contributed by atoms with Crippen molar-refractivity contribution in [1.82, 2.24) is 0 Å². The third kappa shape index (κ3) is 5.84. The number of fused-ring (bicyclic) bond motifs is 8. The van der Waals surface area contributed by atoms with E-state index in [0.29, 0.717) is 27.9 Å². The van der Waals surface area contributed by atoms with Gasteiger partial charge in [0.2, 0.25) is 0 Å². The smallest absolute Gasteiger partial charge is 0.140 e. The van der Waals surface area contributed by atoms with E-state index in [1.165, 1.54) is 0 Å². The molecule has 66 heavy (non-hydrogen) atoms. The van der Waals surface area contributed by atoms with Gasteiger partial charge in [0.1, 0.15) is 11.2 Å². The van der Waals surface area contributed by atoms with Gasteiger partial charge in [-0.2, -0.15) is 0 Å². The van der Waals surface area contributed by atoms with E-state index in [2.05, 4.69) is 113 Å². The zero-order valence-electron chi connectivity index (χ0n) is 42.5.